The summed E-state index contributed by atoms with van der Waals surface area (Å²) < 4.78 is 0. The number of amides is 7. The van der Waals surface area contributed by atoms with Crippen molar-refractivity contribution in [1.82, 2.24) is 31.5 Å². The van der Waals surface area contributed by atoms with Gasteiger partial charge in [-0.15, -0.1) is 0 Å². The van der Waals surface area contributed by atoms with Crippen LogP contribution in [0.25, 0.3) is 0 Å². The molecule has 1 aliphatic heterocycles. The standard InChI is InChI=1S/C33H57N11O10/c1-16(2)11-22(29(51)40-14-23(35)46)42-30(52)21(8-9-25(48)49)41-31(53)26(17(3)4)43-32(54)27(18(5)45)44-15-19(12-24(44)47)13-39-28(50)20(34)7-6-10-38-33(36)37/h13,16-18,20-22,26-27,45H,6-12,14-15,34H2,1-5H3,(H2,35,46)(H,39,50)(H,40,51)(H,41,53)(H,42,52)(H,43,54)(H,48,49)(H4,36,37,38)/b19-13+. The fourth-order valence-electron chi connectivity index (χ4n) is 5.40. The lowest BCUT2D eigenvalue weighted by Gasteiger charge is -2.32. The van der Waals surface area contributed by atoms with Gasteiger partial charge in [0.25, 0.3) is 0 Å². The van der Waals surface area contributed by atoms with Crippen LogP contribution in [0.1, 0.15) is 73.1 Å². The number of nitrogens with two attached hydrogens (primary N) is 4. The van der Waals surface area contributed by atoms with E-state index in [0.717, 1.165) is 4.90 Å². The van der Waals surface area contributed by atoms with Crippen LogP contribution in [-0.2, 0) is 38.4 Å². The maximum atomic E-state index is 13.6. The van der Waals surface area contributed by atoms with Gasteiger partial charge >= 0.3 is 5.97 Å². The lowest BCUT2D eigenvalue weighted by molar-refractivity contribution is -0.143. The third-order valence-electron chi connectivity index (χ3n) is 8.16. The van der Waals surface area contributed by atoms with Crippen LogP contribution < -0.4 is 49.5 Å². The predicted molar refractivity (Wildman–Crippen MR) is 195 cm³/mol. The smallest absolute Gasteiger partial charge is 0.303 e. The number of likely N-dealkylation sites (tertiary alicyclic amines) is 1. The number of carbonyl (C=O) groups is 8. The maximum absolute atomic E-state index is 13.6. The Kier molecular flexibility index (Phi) is 19.6. The molecule has 1 aliphatic rings. The number of nitrogens with one attached hydrogen (secondary N) is 5. The number of aliphatic hydroxyl groups excluding tert-OH is 1. The first kappa shape index (κ1) is 46.7. The number of primary amides is 1. The van der Waals surface area contributed by atoms with Gasteiger partial charge in [-0.1, -0.05) is 27.7 Å². The first-order valence-electron chi connectivity index (χ1n) is 17.6. The number of aliphatic hydroxyl groups is 1. The molecule has 6 unspecified atom stereocenters. The van der Waals surface area contributed by atoms with E-state index in [1.807, 2.05) is 0 Å². The molecule has 0 aromatic heterocycles. The largest absolute Gasteiger partial charge is 0.481 e. The average molecular weight is 768 g/mol. The molecule has 21 nitrogen and oxygen atoms in total. The van der Waals surface area contributed by atoms with Crippen molar-refractivity contribution in [3.05, 3.63) is 11.8 Å². The number of guanidine groups is 1. The number of nitrogens with zero attached hydrogens (tertiary/aromatic N) is 2. The third-order valence-corrected chi connectivity index (χ3v) is 8.16. The molecular weight excluding hydrogens is 710 g/mol. The van der Waals surface area contributed by atoms with Crippen LogP contribution in [0.3, 0.4) is 0 Å². The van der Waals surface area contributed by atoms with Crippen molar-refractivity contribution in [2.45, 2.75) is 109 Å². The average Bonchev–Trinajstić information content (AvgIpc) is 3.42. The second-order valence-corrected chi connectivity index (χ2v) is 13.8. The molecule has 0 aliphatic carbocycles. The molecule has 1 heterocycles. The van der Waals surface area contributed by atoms with E-state index in [2.05, 4.69) is 31.6 Å². The number of aliphatic imine (C=N–C) groups is 1. The van der Waals surface area contributed by atoms with E-state index in [1.54, 1.807) is 27.7 Å². The van der Waals surface area contributed by atoms with E-state index >= 15 is 0 Å². The van der Waals surface area contributed by atoms with Gasteiger partial charge in [-0.2, -0.15) is 0 Å². The summed E-state index contributed by atoms with van der Waals surface area (Å²) in [6.45, 7) is 7.69. The van der Waals surface area contributed by atoms with Crippen LogP contribution in [0, 0.1) is 11.8 Å². The Bertz CT molecular complexity index is 1430. The highest BCUT2D eigenvalue weighted by atomic mass is 16.4. The van der Waals surface area contributed by atoms with Crippen molar-refractivity contribution in [3.63, 3.8) is 0 Å². The quantitative estimate of drug-likeness (QED) is 0.0268. The van der Waals surface area contributed by atoms with Gasteiger partial charge in [0.2, 0.25) is 41.4 Å². The Hall–Kier alpha value is -5.31. The highest BCUT2D eigenvalue weighted by Gasteiger charge is 2.40. The van der Waals surface area contributed by atoms with E-state index in [1.165, 1.54) is 13.1 Å². The molecule has 6 atom stereocenters. The van der Waals surface area contributed by atoms with E-state index in [9.17, 15) is 48.6 Å². The second-order valence-electron chi connectivity index (χ2n) is 13.8. The molecule has 1 saturated heterocycles. The summed E-state index contributed by atoms with van der Waals surface area (Å²) >= 11 is 0. The summed E-state index contributed by atoms with van der Waals surface area (Å²) in [5, 5.41) is 32.3. The summed E-state index contributed by atoms with van der Waals surface area (Å²) in [5.41, 5.74) is 22.0. The van der Waals surface area contributed by atoms with Crippen molar-refractivity contribution >= 4 is 53.3 Å². The Balaban J connectivity index is 3.12. The SMILES string of the molecule is CC(C)CC(NC(=O)C(CCC(=O)O)NC(=O)C(NC(=O)C(C(C)O)N1C/C(=C/NC(=O)C(N)CCCN=C(N)N)CC1=O)C(C)C)C(=O)NCC(N)=O. The molecule has 0 aromatic rings. The molecule has 54 heavy (non-hydrogen) atoms. The normalized spacial score (nSPS) is 16.8. The molecule has 15 N–H and O–H groups in total. The molecule has 7 amide bonds. The van der Waals surface area contributed by atoms with E-state index in [4.69, 9.17) is 22.9 Å². The summed E-state index contributed by atoms with van der Waals surface area (Å²) in [4.78, 5) is 106. The minimum atomic E-state index is -1.47. The lowest BCUT2D eigenvalue weighted by Crippen LogP contribution is -2.61. The Morgan fingerprint density at radius 3 is 2.04 bits per heavy atom. The van der Waals surface area contributed by atoms with Gasteiger partial charge < -0.3 is 64.6 Å². The fraction of sp³-hybridized carbons (Fsp3) is 0.667. The summed E-state index contributed by atoms with van der Waals surface area (Å²) in [7, 11) is 0. The summed E-state index contributed by atoms with van der Waals surface area (Å²) in [6.07, 6.45) is -0.330. The molecule has 0 spiro atoms. The van der Waals surface area contributed by atoms with Crippen molar-refractivity contribution in [2.24, 2.45) is 39.8 Å². The van der Waals surface area contributed by atoms with Gasteiger partial charge in [0.1, 0.15) is 24.2 Å². The number of carbonyl (C=O) groups excluding carboxylic acids is 7. The van der Waals surface area contributed by atoms with Gasteiger partial charge in [-0.3, -0.25) is 43.3 Å². The number of carboxylic acids is 1. The number of hydrogen-bond acceptors (Lipinski definition) is 11. The molecule has 0 bridgehead atoms. The van der Waals surface area contributed by atoms with Crippen molar-refractivity contribution in [3.8, 4) is 0 Å². The fourth-order valence-corrected chi connectivity index (χ4v) is 5.40. The summed E-state index contributed by atoms with van der Waals surface area (Å²) in [6, 6.07) is -6.30. The number of hydrogen-bond donors (Lipinski definition) is 11. The molecule has 21 heteroatoms. The van der Waals surface area contributed by atoms with Gasteiger partial charge in [-0.05, 0) is 50.0 Å². The molecule has 304 valence electrons. The van der Waals surface area contributed by atoms with Crippen LogP contribution in [0.4, 0.5) is 0 Å². The van der Waals surface area contributed by atoms with Gasteiger partial charge in [-0.25, -0.2) is 0 Å². The highest BCUT2D eigenvalue weighted by Crippen LogP contribution is 2.21. The van der Waals surface area contributed by atoms with E-state index in [-0.39, 0.29) is 50.7 Å². The number of aliphatic carboxylic acids is 1. The zero-order valence-corrected chi connectivity index (χ0v) is 31.4. The van der Waals surface area contributed by atoms with E-state index < -0.39 is 103 Å². The zero-order chi connectivity index (χ0) is 41.3. The zero-order valence-electron chi connectivity index (χ0n) is 31.4. The highest BCUT2D eigenvalue weighted by molar-refractivity contribution is 5.97. The molecule has 0 saturated carbocycles. The predicted octanol–water partition coefficient (Wildman–Crippen LogP) is -4.03. The van der Waals surface area contributed by atoms with Crippen LogP contribution in [-0.4, -0.2) is 124 Å². The lowest BCUT2D eigenvalue weighted by atomic mass is 10.00. The first-order valence-corrected chi connectivity index (χ1v) is 17.6. The van der Waals surface area contributed by atoms with Crippen molar-refractivity contribution in [1.29, 1.82) is 0 Å². The number of rotatable bonds is 23. The van der Waals surface area contributed by atoms with Crippen LogP contribution in [0.5, 0.6) is 0 Å². The summed E-state index contributed by atoms with van der Waals surface area (Å²) in [5.74, 6) is -7.30. The first-order chi connectivity index (χ1) is 25.1. The maximum Gasteiger partial charge on any atom is 0.303 e. The molecule has 0 radical (unpaired) electrons. The molecule has 1 rings (SSSR count). The third kappa shape index (κ3) is 16.6. The van der Waals surface area contributed by atoms with Crippen LogP contribution >= 0.6 is 0 Å². The molecule has 1 fully saturated rings. The van der Waals surface area contributed by atoms with E-state index in [0.29, 0.717) is 12.0 Å². The Labute approximate surface area is 313 Å². The monoisotopic (exact) mass is 767 g/mol. The van der Waals surface area contributed by atoms with Crippen LogP contribution in [0.2, 0.25) is 0 Å². The van der Waals surface area contributed by atoms with Gasteiger partial charge in [0.05, 0.1) is 25.1 Å². The Morgan fingerprint density at radius 2 is 1.50 bits per heavy atom. The Morgan fingerprint density at radius 1 is 0.870 bits per heavy atom. The molecule has 0 aromatic carbocycles. The number of carboxylic acid groups (broad SMARTS) is 1. The van der Waals surface area contributed by atoms with Crippen LogP contribution in [0.15, 0.2) is 16.8 Å². The topological polar surface area (TPSA) is 357 Å². The second kappa shape index (κ2) is 22.7. The molecular formula is C33H57N11O10. The van der Waals surface area contributed by atoms with Crippen molar-refractivity contribution in [2.75, 3.05) is 19.6 Å². The van der Waals surface area contributed by atoms with Gasteiger partial charge in [0.15, 0.2) is 5.96 Å². The van der Waals surface area contributed by atoms with Crippen molar-refractivity contribution < 1.29 is 48.6 Å². The van der Waals surface area contributed by atoms with Gasteiger partial charge in [0, 0.05) is 25.7 Å². The minimum Gasteiger partial charge on any atom is -0.481 e. The minimum absolute atomic E-state index is 0.0818.